The molecule has 0 bridgehead atoms. The van der Waals surface area contributed by atoms with E-state index in [4.69, 9.17) is 9.15 Å². The minimum absolute atomic E-state index is 0.0362. The summed E-state index contributed by atoms with van der Waals surface area (Å²) in [5.74, 6) is 0.483. The number of β-amino-alcohol motifs (C(OH)–C–C–N with tert-alkyl or cyclic N) is 1. The molecule has 1 atom stereocenters. The highest BCUT2D eigenvalue weighted by Crippen LogP contribution is 2.39. The molecule has 7 nitrogen and oxygen atoms in total. The number of hydrogen-bond acceptors (Lipinski definition) is 5. The maximum absolute atomic E-state index is 12.8. The van der Waals surface area contributed by atoms with Crippen molar-refractivity contribution in [2.75, 3.05) is 20.2 Å². The first-order chi connectivity index (χ1) is 11.5. The third-order valence-corrected chi connectivity index (χ3v) is 5.01. The zero-order valence-corrected chi connectivity index (χ0v) is 13.9. The summed E-state index contributed by atoms with van der Waals surface area (Å²) >= 11 is 0. The van der Waals surface area contributed by atoms with Gasteiger partial charge >= 0.3 is 6.03 Å². The van der Waals surface area contributed by atoms with Crippen molar-refractivity contribution in [1.82, 2.24) is 9.80 Å². The molecule has 3 amide bonds. The first-order valence-corrected chi connectivity index (χ1v) is 8.42. The van der Waals surface area contributed by atoms with E-state index < -0.39 is 11.6 Å². The lowest BCUT2D eigenvalue weighted by molar-refractivity contribution is -0.135. The lowest BCUT2D eigenvalue weighted by atomic mass is 9.81. The molecule has 1 saturated heterocycles. The molecule has 2 heterocycles. The molecule has 1 aliphatic carbocycles. The van der Waals surface area contributed by atoms with Crippen LogP contribution in [0, 0.1) is 0 Å². The number of amides is 3. The lowest BCUT2D eigenvalue weighted by Crippen LogP contribution is -2.49. The van der Waals surface area contributed by atoms with Crippen molar-refractivity contribution in [3.63, 3.8) is 0 Å². The molecule has 2 aliphatic rings. The van der Waals surface area contributed by atoms with Crippen molar-refractivity contribution in [3.05, 3.63) is 24.2 Å². The van der Waals surface area contributed by atoms with Crippen LogP contribution < -0.4 is 0 Å². The zero-order valence-electron chi connectivity index (χ0n) is 13.9. The molecule has 2 fully saturated rings. The predicted octanol–water partition coefficient (Wildman–Crippen LogP) is 1.75. The summed E-state index contributed by atoms with van der Waals surface area (Å²) < 4.78 is 10.5. The number of nitrogens with zero attached hydrogens (tertiary/aromatic N) is 2. The van der Waals surface area contributed by atoms with Gasteiger partial charge in [0, 0.05) is 7.05 Å². The number of urea groups is 1. The van der Waals surface area contributed by atoms with Crippen LogP contribution in [0.2, 0.25) is 0 Å². The Kier molecular flexibility index (Phi) is 4.91. The van der Waals surface area contributed by atoms with Crippen LogP contribution in [0.15, 0.2) is 22.8 Å². The standard InChI is InChI=1S/C17H24N2O5/c1-18-16(22)19(15(21)17(18)7-3-2-4-8-17)10-13(20)11-23-12-14-6-5-9-24-14/h5-6,9,13,20H,2-4,7-8,10-12H2,1H3. The van der Waals surface area contributed by atoms with E-state index in [0.29, 0.717) is 18.6 Å². The fourth-order valence-electron chi connectivity index (χ4n) is 3.65. The van der Waals surface area contributed by atoms with E-state index in [1.807, 2.05) is 0 Å². The highest BCUT2D eigenvalue weighted by Gasteiger charge is 2.55. The number of aliphatic hydroxyl groups excluding tert-OH is 1. The smallest absolute Gasteiger partial charge is 0.327 e. The van der Waals surface area contributed by atoms with E-state index in [1.54, 1.807) is 30.3 Å². The number of carbonyl (C=O) groups is 2. The molecule has 1 N–H and O–H groups in total. The number of carbonyl (C=O) groups excluding carboxylic acids is 2. The highest BCUT2D eigenvalue weighted by molar-refractivity contribution is 6.07. The summed E-state index contributed by atoms with van der Waals surface area (Å²) in [4.78, 5) is 28.0. The van der Waals surface area contributed by atoms with Crippen molar-refractivity contribution in [2.45, 2.75) is 50.4 Å². The molecule has 1 unspecified atom stereocenters. The second-order valence-electron chi connectivity index (χ2n) is 6.60. The van der Waals surface area contributed by atoms with Crippen LogP contribution >= 0.6 is 0 Å². The minimum atomic E-state index is -0.917. The van der Waals surface area contributed by atoms with Crippen LogP contribution in [0.25, 0.3) is 0 Å². The minimum Gasteiger partial charge on any atom is -0.467 e. The molecule has 1 aromatic heterocycles. The molecule has 1 aliphatic heterocycles. The average Bonchev–Trinajstić information content (AvgIpc) is 3.16. The first-order valence-electron chi connectivity index (χ1n) is 8.42. The zero-order chi connectivity index (χ0) is 17.2. The largest absolute Gasteiger partial charge is 0.467 e. The Morgan fingerprint density at radius 3 is 2.75 bits per heavy atom. The van der Waals surface area contributed by atoms with Crippen LogP contribution in [0.3, 0.4) is 0 Å². The Labute approximate surface area is 141 Å². The molecular weight excluding hydrogens is 312 g/mol. The predicted molar refractivity (Wildman–Crippen MR) is 85.1 cm³/mol. The molecule has 24 heavy (non-hydrogen) atoms. The second-order valence-corrected chi connectivity index (χ2v) is 6.60. The van der Waals surface area contributed by atoms with E-state index in [0.717, 1.165) is 19.3 Å². The van der Waals surface area contributed by atoms with Gasteiger partial charge in [-0.25, -0.2) is 4.79 Å². The third-order valence-electron chi connectivity index (χ3n) is 5.01. The van der Waals surface area contributed by atoms with Crippen LogP contribution in [-0.2, 0) is 16.1 Å². The van der Waals surface area contributed by atoms with Gasteiger partial charge in [-0.15, -0.1) is 0 Å². The average molecular weight is 336 g/mol. The molecule has 0 aromatic carbocycles. The van der Waals surface area contributed by atoms with Crippen LogP contribution in [0.5, 0.6) is 0 Å². The Morgan fingerprint density at radius 1 is 1.33 bits per heavy atom. The summed E-state index contributed by atoms with van der Waals surface area (Å²) in [5, 5.41) is 10.1. The van der Waals surface area contributed by atoms with Crippen molar-refractivity contribution < 1.29 is 23.8 Å². The lowest BCUT2D eigenvalue weighted by Gasteiger charge is -2.35. The number of aliphatic hydroxyl groups is 1. The molecule has 132 valence electrons. The van der Waals surface area contributed by atoms with Crippen molar-refractivity contribution in [2.24, 2.45) is 0 Å². The monoisotopic (exact) mass is 336 g/mol. The van der Waals surface area contributed by atoms with Gasteiger partial charge in [0.2, 0.25) is 0 Å². The van der Waals surface area contributed by atoms with E-state index in [-0.39, 0.29) is 31.7 Å². The quantitative estimate of drug-likeness (QED) is 0.800. The molecule has 1 aromatic rings. The summed E-state index contributed by atoms with van der Waals surface area (Å²) in [6.07, 6.45) is 5.04. The van der Waals surface area contributed by atoms with Gasteiger partial charge in [0.05, 0.1) is 25.5 Å². The van der Waals surface area contributed by atoms with Gasteiger partial charge in [-0.2, -0.15) is 0 Å². The Morgan fingerprint density at radius 2 is 2.08 bits per heavy atom. The fourth-order valence-corrected chi connectivity index (χ4v) is 3.65. The van der Waals surface area contributed by atoms with Gasteiger partial charge in [-0.3, -0.25) is 9.69 Å². The topological polar surface area (TPSA) is 83.2 Å². The molecule has 0 radical (unpaired) electrons. The maximum atomic E-state index is 12.8. The van der Waals surface area contributed by atoms with Gasteiger partial charge in [-0.1, -0.05) is 19.3 Å². The Balaban J connectivity index is 1.56. The third kappa shape index (κ3) is 3.06. The number of furan rings is 1. The number of ether oxygens (including phenoxy) is 1. The SMILES string of the molecule is CN1C(=O)N(CC(O)COCc2ccco2)C(=O)C12CCCCC2. The van der Waals surface area contributed by atoms with E-state index >= 15 is 0 Å². The van der Waals surface area contributed by atoms with Gasteiger partial charge < -0.3 is 19.2 Å². The number of hydrogen-bond donors (Lipinski definition) is 1. The molecular formula is C17H24N2O5. The molecule has 1 spiro atoms. The number of likely N-dealkylation sites (N-methyl/N-ethyl adjacent to an activating group) is 1. The van der Waals surface area contributed by atoms with E-state index in [9.17, 15) is 14.7 Å². The van der Waals surface area contributed by atoms with Gasteiger partial charge in [0.1, 0.15) is 17.9 Å². The van der Waals surface area contributed by atoms with Gasteiger partial charge in [0.15, 0.2) is 0 Å². The Hall–Kier alpha value is -1.86. The fraction of sp³-hybridized carbons (Fsp3) is 0.647. The molecule has 1 saturated carbocycles. The van der Waals surface area contributed by atoms with E-state index in [1.165, 1.54) is 4.90 Å². The Bertz CT molecular complexity index is 580. The number of imide groups is 1. The number of rotatable bonds is 6. The van der Waals surface area contributed by atoms with Gasteiger partial charge in [0.25, 0.3) is 5.91 Å². The highest BCUT2D eigenvalue weighted by atomic mass is 16.5. The van der Waals surface area contributed by atoms with E-state index in [2.05, 4.69) is 0 Å². The first kappa shape index (κ1) is 17.0. The second kappa shape index (κ2) is 6.94. The summed E-state index contributed by atoms with van der Waals surface area (Å²) in [6, 6.07) is 3.21. The van der Waals surface area contributed by atoms with Crippen molar-refractivity contribution >= 4 is 11.9 Å². The normalized spacial score (nSPS) is 21.8. The van der Waals surface area contributed by atoms with Crippen LogP contribution in [0.1, 0.15) is 37.9 Å². The molecule has 3 rings (SSSR count). The molecule has 7 heteroatoms. The summed E-state index contributed by atoms with van der Waals surface area (Å²) in [7, 11) is 1.69. The maximum Gasteiger partial charge on any atom is 0.327 e. The van der Waals surface area contributed by atoms with Gasteiger partial charge in [-0.05, 0) is 25.0 Å². The summed E-state index contributed by atoms with van der Waals surface area (Å²) in [5.41, 5.74) is -0.704. The van der Waals surface area contributed by atoms with Crippen molar-refractivity contribution in [3.8, 4) is 0 Å². The van der Waals surface area contributed by atoms with Crippen molar-refractivity contribution in [1.29, 1.82) is 0 Å². The van der Waals surface area contributed by atoms with Crippen LogP contribution in [-0.4, -0.2) is 58.7 Å². The van der Waals surface area contributed by atoms with Crippen LogP contribution in [0.4, 0.5) is 4.79 Å². The summed E-state index contributed by atoms with van der Waals surface area (Å²) in [6.45, 7) is 0.242.